The molecule has 12 amide bonds. The third kappa shape index (κ3) is 32.2. The van der Waals surface area contributed by atoms with Crippen LogP contribution in [0.4, 0.5) is 0 Å². The van der Waals surface area contributed by atoms with E-state index in [-0.39, 0.29) is 221 Å². The molecule has 0 bridgehead atoms. The van der Waals surface area contributed by atoms with E-state index >= 15 is 0 Å². The topological polar surface area (TPSA) is 605 Å². The van der Waals surface area contributed by atoms with Crippen molar-refractivity contribution < 1.29 is 107 Å². The van der Waals surface area contributed by atoms with Gasteiger partial charge in [0.05, 0.1) is 76.8 Å². The minimum atomic E-state index is -1.41. The standard InChI is InChI=1S/C89H141N19O22S/c1-51(2)36-66(85(126)101-64(81(91)122)21-35-131-9)102-86(127)68(40-58-43-92-50-96-58)100-73(113)44-95-87(128)80(52(3)4)104-82(123)54(6)97-84(125)67(37-55-42-94-63-13-11-10-12-59(55)63)103-83(124)65(17-18-71(90)111)99-72(112)19-14-53(5)60-15-16-61-79-62(41-70(110)89(60,61)8)88(7)22-20-57(38-56(88)39-69(79)109)98-75(115)49-130-34-33-129-32-23-93-74(114)45-105-24-26-106(46-76(116)117)28-30-108(48-78(120)121)31-29-107(27-25-105)47-77(118)119/h10-13,42-43,50-54,56-57,60-62,64-70,79-80,94,109-110H,14-41,44-49H2,1-9H3,(H2,90,111)(H2,91,122)(H,92,96)(H,93,114)(H,95,128)(H,97,125)(H,98,115)(H,99,112)(H,100,113)(H,101,126)(H,102,127)(H,103,124)(H,104,123)(H,116,117)(H,118,119)(H,120,121)/t53-,54+,56+,57+,60-,61?,62?,64+,65+,66+,67+,68+,69-,70+,79?,80+,88+,89-/m1/s1. The van der Waals surface area contributed by atoms with Crippen molar-refractivity contribution in [1.29, 1.82) is 0 Å². The second-order valence-electron chi connectivity index (χ2n) is 37.2. The predicted octanol–water partition coefficient (Wildman–Crippen LogP) is -1.46. The largest absolute Gasteiger partial charge is 0.480 e. The molecule has 8 rings (SSSR count). The van der Waals surface area contributed by atoms with Crippen LogP contribution in [0.25, 0.3) is 10.9 Å². The number of aliphatic carboxylic acids is 3. The summed E-state index contributed by atoms with van der Waals surface area (Å²) >= 11 is 1.46. The molecule has 41 nitrogen and oxygen atoms in total. The van der Waals surface area contributed by atoms with Gasteiger partial charge in [-0.1, -0.05) is 66.7 Å². The van der Waals surface area contributed by atoms with Gasteiger partial charge in [0.2, 0.25) is 70.9 Å². The number of aliphatic hydroxyl groups is 2. The molecular weight excluding hydrogens is 1720 g/mol. The number of rotatable bonds is 50. The van der Waals surface area contributed by atoms with E-state index in [2.05, 4.69) is 82.0 Å². The van der Waals surface area contributed by atoms with Crippen molar-refractivity contribution >= 4 is 111 Å². The monoisotopic (exact) mass is 1860 g/mol. The number of para-hydroxylation sites is 1. The number of aromatic amines is 2. The molecule has 1 saturated heterocycles. The fraction of sp³-hybridized carbons (Fsp3) is 0.708. The van der Waals surface area contributed by atoms with E-state index in [1.54, 1.807) is 40.8 Å². The van der Waals surface area contributed by atoms with E-state index in [1.165, 1.54) is 31.2 Å². The van der Waals surface area contributed by atoms with E-state index < -0.39 is 149 Å². The normalized spacial score (nSPS) is 24.0. The summed E-state index contributed by atoms with van der Waals surface area (Å²) in [4.78, 5) is 216. The second kappa shape index (κ2) is 51.3. The maximum Gasteiger partial charge on any atom is 0.317 e. The number of primary amides is 2. The zero-order chi connectivity index (χ0) is 96.0. The van der Waals surface area contributed by atoms with Crippen LogP contribution in [0.5, 0.6) is 0 Å². The number of nitrogens with zero attached hydrogens (tertiary/aromatic N) is 5. The van der Waals surface area contributed by atoms with Gasteiger partial charge >= 0.3 is 17.9 Å². The number of hydrogen-bond donors (Lipinski definition) is 19. The predicted molar refractivity (Wildman–Crippen MR) is 483 cm³/mol. The third-order valence-corrected chi connectivity index (χ3v) is 27.6. The van der Waals surface area contributed by atoms with Crippen LogP contribution < -0.4 is 64.6 Å². The Labute approximate surface area is 768 Å². The summed E-state index contributed by atoms with van der Waals surface area (Å²) in [6.07, 6.45) is 9.47. The Balaban J connectivity index is 0.798. The molecular formula is C89H141N19O22S. The molecule has 5 fully saturated rings. The van der Waals surface area contributed by atoms with Gasteiger partial charge in [0.15, 0.2) is 0 Å². The number of benzene rings is 1. The number of aromatic nitrogens is 3. The molecule has 3 aromatic rings. The van der Waals surface area contributed by atoms with Crippen LogP contribution in [-0.4, -0.2) is 339 Å². The summed E-state index contributed by atoms with van der Waals surface area (Å²) in [5, 5.41) is 81.5. The first-order chi connectivity index (χ1) is 62.1. The number of hydrogen-bond acceptors (Lipinski definition) is 25. The third-order valence-electron chi connectivity index (χ3n) is 27.0. The summed E-state index contributed by atoms with van der Waals surface area (Å²) in [5.41, 5.74) is 12.1. The molecule has 3 heterocycles. The number of carbonyl (C=O) groups excluding carboxylic acids is 12. The molecule has 21 N–H and O–H groups in total. The average molecular weight is 1860 g/mol. The Kier molecular flexibility index (Phi) is 41.7. The van der Waals surface area contributed by atoms with Crippen molar-refractivity contribution in [3.05, 3.63) is 54.2 Å². The van der Waals surface area contributed by atoms with Crippen molar-refractivity contribution in [3.63, 3.8) is 0 Å². The number of carboxylic acids is 3. The van der Waals surface area contributed by atoms with Crippen molar-refractivity contribution in [2.75, 3.05) is 130 Å². The number of aliphatic hydroxyl groups excluding tert-OH is 2. The number of imidazole rings is 1. The molecule has 4 aliphatic carbocycles. The molecule has 42 heteroatoms. The van der Waals surface area contributed by atoms with Gasteiger partial charge in [-0.15, -0.1) is 0 Å². The van der Waals surface area contributed by atoms with Crippen LogP contribution in [0.1, 0.15) is 150 Å². The number of fused-ring (bicyclic) bond motifs is 6. The number of ether oxygens (including phenoxy) is 2. The van der Waals surface area contributed by atoms with Gasteiger partial charge in [-0.2, -0.15) is 11.8 Å². The molecule has 730 valence electrons. The first kappa shape index (κ1) is 106. The Hall–Kier alpha value is -9.95. The number of carboxylic acid groups (broad SMARTS) is 3. The maximum absolute atomic E-state index is 14.7. The lowest BCUT2D eigenvalue weighted by atomic mass is 9.43. The van der Waals surface area contributed by atoms with E-state index in [1.807, 2.05) is 50.1 Å². The SMILES string of the molecule is CSCC[C@H](NC(=O)[C@H](CC(C)C)NC(=O)[C@H](Cc1c[nH]cn1)NC(=O)CNC(=O)[C@@H](NC(=O)[C@H](C)NC(=O)[C@H](Cc1c[nH]c2ccccc12)NC(=O)[C@H](CCC(N)=O)NC(=O)CC[C@@H](C)[C@H]1CCC2C3C(C[C@H](O)[C@@]21C)[C@@]1(C)CC[C@H](NC(=O)COCCOCCNC(=O)CN2CCN(CC(=O)O)CCN(CC(=O)O)CCN(CC(=O)O)CC2)C[C@H]1C[C@H]3O)C(C)C)C(N)=O. The Morgan fingerprint density at radius 2 is 1.17 bits per heavy atom. The molecule has 1 aromatic carbocycles. The quantitative estimate of drug-likeness (QED) is 0.0287. The zero-order valence-corrected chi connectivity index (χ0v) is 77.8. The molecule has 2 aromatic heterocycles. The van der Waals surface area contributed by atoms with Crippen molar-refractivity contribution in [2.45, 2.75) is 212 Å². The van der Waals surface area contributed by atoms with E-state index in [4.69, 9.17) is 20.9 Å². The van der Waals surface area contributed by atoms with Gasteiger partial charge in [0, 0.05) is 114 Å². The second-order valence-corrected chi connectivity index (χ2v) is 38.2. The number of nitrogens with two attached hydrogens (primary N) is 2. The van der Waals surface area contributed by atoms with Gasteiger partial charge < -0.3 is 110 Å². The van der Waals surface area contributed by atoms with E-state index in [0.29, 0.717) is 49.1 Å². The van der Waals surface area contributed by atoms with Crippen LogP contribution in [0.15, 0.2) is 43.0 Å². The summed E-state index contributed by atoms with van der Waals surface area (Å²) in [6.45, 7) is 15.6. The van der Waals surface area contributed by atoms with Crippen molar-refractivity contribution in [1.82, 2.24) is 87.7 Å². The van der Waals surface area contributed by atoms with E-state index in [9.17, 15) is 97.5 Å². The van der Waals surface area contributed by atoms with Crippen LogP contribution >= 0.6 is 11.8 Å². The number of H-pyrrole nitrogens is 2. The van der Waals surface area contributed by atoms with Gasteiger partial charge in [-0.25, -0.2) is 4.98 Å². The molecule has 18 atom stereocenters. The molecule has 4 saturated carbocycles. The van der Waals surface area contributed by atoms with E-state index in [0.717, 1.165) is 30.2 Å². The fourth-order valence-electron chi connectivity index (χ4n) is 19.9. The lowest BCUT2D eigenvalue weighted by Gasteiger charge is -2.63. The highest BCUT2D eigenvalue weighted by Crippen LogP contribution is 2.68. The molecule has 1 aliphatic heterocycles. The van der Waals surface area contributed by atoms with Crippen molar-refractivity contribution in [3.8, 4) is 0 Å². The van der Waals surface area contributed by atoms with Gasteiger partial charge in [-0.3, -0.25) is 91.5 Å². The van der Waals surface area contributed by atoms with Crippen LogP contribution in [-0.2, 0) is 94.2 Å². The minimum absolute atomic E-state index is 0.00423. The van der Waals surface area contributed by atoms with Crippen LogP contribution in [0, 0.1) is 58.2 Å². The van der Waals surface area contributed by atoms with Gasteiger partial charge in [-0.05, 0) is 159 Å². The molecule has 131 heavy (non-hydrogen) atoms. The Bertz CT molecular complexity index is 4320. The molecule has 0 spiro atoms. The maximum atomic E-state index is 14.7. The van der Waals surface area contributed by atoms with Gasteiger partial charge in [0.1, 0.15) is 48.9 Å². The minimum Gasteiger partial charge on any atom is -0.480 e. The highest BCUT2D eigenvalue weighted by Gasteiger charge is 2.66. The number of nitrogens with one attached hydrogen (secondary N) is 12. The number of amides is 12. The first-order valence-electron chi connectivity index (χ1n) is 45.8. The Morgan fingerprint density at radius 3 is 1.77 bits per heavy atom. The van der Waals surface area contributed by atoms with Crippen LogP contribution in [0.3, 0.4) is 0 Å². The molecule has 0 radical (unpaired) electrons. The van der Waals surface area contributed by atoms with Crippen molar-refractivity contribution in [2.24, 2.45) is 69.6 Å². The Morgan fingerprint density at radius 1 is 0.580 bits per heavy atom. The first-order valence-corrected chi connectivity index (χ1v) is 47.2. The summed E-state index contributed by atoms with van der Waals surface area (Å²) < 4.78 is 11.4. The number of thioether (sulfide) groups is 1. The average Bonchev–Trinajstić information content (AvgIpc) is 1.69. The smallest absolute Gasteiger partial charge is 0.317 e. The summed E-state index contributed by atoms with van der Waals surface area (Å²) in [7, 11) is 0. The van der Waals surface area contributed by atoms with Gasteiger partial charge in [0.25, 0.3) is 0 Å². The zero-order valence-electron chi connectivity index (χ0n) is 77.0. The number of carbonyl (C=O) groups is 15. The lowest BCUT2D eigenvalue weighted by Crippen LogP contribution is -2.63. The van der Waals surface area contributed by atoms with Crippen LogP contribution in [0.2, 0.25) is 0 Å². The highest BCUT2D eigenvalue weighted by atomic mass is 32.2. The molecule has 3 unspecified atom stereocenters. The highest BCUT2D eigenvalue weighted by molar-refractivity contribution is 7.98. The lowest BCUT2D eigenvalue weighted by molar-refractivity contribution is -0.202. The summed E-state index contributed by atoms with van der Waals surface area (Å²) in [5.74, 6) is -11.7. The summed E-state index contributed by atoms with van der Waals surface area (Å²) in [6, 6.07) is -1.80. The molecule has 5 aliphatic rings. The fourth-order valence-corrected chi connectivity index (χ4v) is 20.4.